The smallest absolute Gasteiger partial charge is 0.263 e. The van der Waals surface area contributed by atoms with Crippen molar-refractivity contribution in [1.29, 1.82) is 0 Å². The molecule has 0 bridgehead atoms. The largest absolute Gasteiger partial charge is 0.495 e. The van der Waals surface area contributed by atoms with E-state index in [9.17, 15) is 4.79 Å². The average molecular weight is 572 g/mol. The minimum atomic E-state index is -0.419. The van der Waals surface area contributed by atoms with E-state index in [0.29, 0.717) is 18.3 Å². The number of carbonyl (C=O) groups excluding carboxylic acids is 1. The van der Waals surface area contributed by atoms with Gasteiger partial charge in [-0.05, 0) is 91.6 Å². The summed E-state index contributed by atoms with van der Waals surface area (Å²) in [6, 6.07) is 26.2. The van der Waals surface area contributed by atoms with Crippen LogP contribution in [0, 0.1) is 11.8 Å². The van der Waals surface area contributed by atoms with Crippen molar-refractivity contribution in [2.24, 2.45) is 11.8 Å². The molecule has 5 rings (SSSR count). The summed E-state index contributed by atoms with van der Waals surface area (Å²) in [7, 11) is 1.69. The van der Waals surface area contributed by atoms with Gasteiger partial charge in [0.15, 0.2) is 11.2 Å². The number of likely N-dealkylation sites (tertiary alicyclic amines) is 2. The topological polar surface area (TPSA) is 54.0 Å². The number of nitrogens with zero attached hydrogens (tertiary/aromatic N) is 2. The van der Waals surface area contributed by atoms with Crippen molar-refractivity contribution in [2.45, 2.75) is 45.1 Å². The van der Waals surface area contributed by atoms with Crippen molar-refractivity contribution < 1.29 is 14.3 Å². The molecule has 3 aromatic carbocycles. The highest BCUT2D eigenvalue weighted by Crippen LogP contribution is 2.34. The Bertz CT molecular complexity index is 1290. The van der Waals surface area contributed by atoms with Crippen molar-refractivity contribution in [2.75, 3.05) is 38.6 Å². The molecule has 0 radical (unpaired) electrons. The Balaban J connectivity index is 1.10. The third-order valence-electron chi connectivity index (χ3n) is 8.56. The van der Waals surface area contributed by atoms with Gasteiger partial charge in [0.25, 0.3) is 5.91 Å². The highest BCUT2D eigenvalue weighted by molar-refractivity contribution is 7.80. The van der Waals surface area contributed by atoms with Crippen LogP contribution in [0.15, 0.2) is 78.9 Å². The van der Waals surface area contributed by atoms with Gasteiger partial charge in [0, 0.05) is 26.2 Å². The van der Waals surface area contributed by atoms with E-state index in [1.165, 1.54) is 0 Å². The molecule has 0 aromatic heterocycles. The Kier molecular flexibility index (Phi) is 9.78. The summed E-state index contributed by atoms with van der Waals surface area (Å²) in [6.45, 7) is 5.53. The van der Waals surface area contributed by atoms with Gasteiger partial charge in [-0.3, -0.25) is 4.79 Å². The monoisotopic (exact) mass is 571 g/mol. The van der Waals surface area contributed by atoms with Crippen LogP contribution in [0.4, 0.5) is 5.69 Å². The maximum atomic E-state index is 13.2. The number of para-hydroxylation sites is 1. The molecule has 1 amide bonds. The van der Waals surface area contributed by atoms with Crippen LogP contribution in [-0.2, 0) is 4.79 Å². The minimum Gasteiger partial charge on any atom is -0.495 e. The zero-order valence-corrected chi connectivity index (χ0v) is 24.9. The highest BCUT2D eigenvalue weighted by Gasteiger charge is 2.33. The summed E-state index contributed by atoms with van der Waals surface area (Å²) in [6.07, 6.45) is 4.61. The summed E-state index contributed by atoms with van der Waals surface area (Å²) >= 11 is 5.85. The number of amides is 1. The standard InChI is InChI=1S/C34H41N3O3S/c1-3-31(40-29-12-8-5-9-13-29)33(38)36-20-16-26(17-21-36)27-18-22-37(23-19-27)34(41)35-30-24-28(14-15-32(30)39-2)25-10-6-4-7-11-25/h4-15,24,26-27,31H,3,16-23H2,1-2H3,(H,35,41). The normalized spacial score (nSPS) is 17.1. The first-order valence-corrected chi connectivity index (χ1v) is 15.3. The van der Waals surface area contributed by atoms with Crippen LogP contribution in [0.25, 0.3) is 11.1 Å². The number of ether oxygens (including phenoxy) is 2. The molecule has 1 atom stereocenters. The van der Waals surface area contributed by atoms with Crippen LogP contribution < -0.4 is 14.8 Å². The number of anilines is 1. The first kappa shape index (κ1) is 28.9. The second kappa shape index (κ2) is 13.9. The first-order valence-electron chi connectivity index (χ1n) is 14.9. The Hall–Kier alpha value is -3.58. The van der Waals surface area contributed by atoms with Gasteiger partial charge in [-0.15, -0.1) is 0 Å². The fraction of sp³-hybridized carbons (Fsp3) is 0.412. The predicted molar refractivity (Wildman–Crippen MR) is 169 cm³/mol. The summed E-state index contributed by atoms with van der Waals surface area (Å²) in [5.74, 6) is 2.98. The van der Waals surface area contributed by atoms with E-state index < -0.39 is 6.10 Å². The molecule has 2 aliphatic heterocycles. The molecule has 2 saturated heterocycles. The van der Waals surface area contributed by atoms with Gasteiger partial charge < -0.3 is 24.6 Å². The van der Waals surface area contributed by atoms with Gasteiger partial charge in [-0.1, -0.05) is 61.5 Å². The Morgan fingerprint density at radius 3 is 2.02 bits per heavy atom. The van der Waals surface area contributed by atoms with Crippen LogP contribution in [0.2, 0.25) is 0 Å². The fourth-order valence-corrected chi connectivity index (χ4v) is 6.44. The number of benzene rings is 3. The number of hydrogen-bond donors (Lipinski definition) is 1. The number of hydrogen-bond acceptors (Lipinski definition) is 4. The molecule has 41 heavy (non-hydrogen) atoms. The van der Waals surface area contributed by atoms with Crippen molar-refractivity contribution in [3.8, 4) is 22.6 Å². The zero-order valence-electron chi connectivity index (χ0n) is 24.1. The third kappa shape index (κ3) is 7.20. The number of methoxy groups -OCH3 is 1. The highest BCUT2D eigenvalue weighted by atomic mass is 32.1. The molecule has 7 heteroatoms. The number of nitrogens with one attached hydrogen (secondary N) is 1. The van der Waals surface area contributed by atoms with Crippen LogP contribution in [0.3, 0.4) is 0 Å². The number of rotatable bonds is 8. The molecule has 2 heterocycles. The predicted octanol–water partition coefficient (Wildman–Crippen LogP) is 6.87. The minimum absolute atomic E-state index is 0.118. The van der Waals surface area contributed by atoms with E-state index >= 15 is 0 Å². The lowest BCUT2D eigenvalue weighted by Gasteiger charge is -2.41. The van der Waals surface area contributed by atoms with E-state index in [1.807, 2.05) is 66.4 Å². The Morgan fingerprint density at radius 1 is 0.854 bits per heavy atom. The van der Waals surface area contributed by atoms with Crippen LogP contribution in [0.1, 0.15) is 39.0 Å². The third-order valence-corrected chi connectivity index (χ3v) is 8.92. The van der Waals surface area contributed by atoms with E-state index in [1.54, 1.807) is 7.11 Å². The van der Waals surface area contributed by atoms with Crippen molar-refractivity contribution >= 4 is 28.9 Å². The molecule has 0 spiro atoms. The van der Waals surface area contributed by atoms with Gasteiger partial charge in [0.2, 0.25) is 0 Å². The van der Waals surface area contributed by atoms with Crippen LogP contribution >= 0.6 is 12.2 Å². The molecule has 1 unspecified atom stereocenters. The van der Waals surface area contributed by atoms with Crippen LogP contribution in [-0.4, -0.2) is 60.2 Å². The van der Waals surface area contributed by atoms with E-state index in [4.69, 9.17) is 21.7 Å². The quantitative estimate of drug-likeness (QED) is 0.298. The number of piperidine rings is 2. The van der Waals surface area contributed by atoms with Gasteiger partial charge >= 0.3 is 0 Å². The summed E-state index contributed by atoms with van der Waals surface area (Å²) < 4.78 is 11.6. The van der Waals surface area contributed by atoms with Crippen molar-refractivity contribution in [3.63, 3.8) is 0 Å². The lowest BCUT2D eigenvalue weighted by atomic mass is 9.79. The average Bonchev–Trinajstić information content (AvgIpc) is 3.04. The molecule has 0 saturated carbocycles. The SMILES string of the molecule is CCC(Oc1ccccc1)C(=O)N1CCC(C2CCN(C(=S)Nc3cc(-c4ccccc4)ccc3OC)CC2)CC1. The van der Waals surface area contributed by atoms with Gasteiger partial charge in [0.05, 0.1) is 12.8 Å². The zero-order chi connectivity index (χ0) is 28.6. The van der Waals surface area contributed by atoms with Crippen molar-refractivity contribution in [1.82, 2.24) is 9.80 Å². The molecule has 216 valence electrons. The molecule has 2 aliphatic rings. The second-order valence-electron chi connectivity index (χ2n) is 11.0. The second-order valence-corrected chi connectivity index (χ2v) is 11.4. The maximum Gasteiger partial charge on any atom is 0.263 e. The lowest BCUT2D eigenvalue weighted by molar-refractivity contribution is -0.140. The molecule has 3 aromatic rings. The molecule has 0 aliphatic carbocycles. The summed E-state index contributed by atoms with van der Waals surface area (Å²) in [4.78, 5) is 17.5. The first-order chi connectivity index (χ1) is 20.1. The van der Waals surface area contributed by atoms with E-state index in [-0.39, 0.29) is 5.91 Å². The molecule has 1 N–H and O–H groups in total. The van der Waals surface area contributed by atoms with Crippen LogP contribution in [0.5, 0.6) is 11.5 Å². The summed E-state index contributed by atoms with van der Waals surface area (Å²) in [5, 5.41) is 4.21. The lowest BCUT2D eigenvalue weighted by Crippen LogP contribution is -2.48. The van der Waals surface area contributed by atoms with Gasteiger partial charge in [-0.25, -0.2) is 0 Å². The van der Waals surface area contributed by atoms with E-state index in [2.05, 4.69) is 34.5 Å². The summed E-state index contributed by atoms with van der Waals surface area (Å²) in [5.41, 5.74) is 3.17. The fourth-order valence-electron chi connectivity index (χ4n) is 6.15. The number of carbonyl (C=O) groups is 1. The maximum absolute atomic E-state index is 13.2. The molecular formula is C34H41N3O3S. The van der Waals surface area contributed by atoms with Crippen molar-refractivity contribution in [3.05, 3.63) is 78.9 Å². The van der Waals surface area contributed by atoms with Gasteiger partial charge in [0.1, 0.15) is 11.5 Å². The Labute approximate surface area is 249 Å². The van der Waals surface area contributed by atoms with Gasteiger partial charge in [-0.2, -0.15) is 0 Å². The van der Waals surface area contributed by atoms with E-state index in [0.717, 1.165) is 85.3 Å². The Morgan fingerprint density at radius 2 is 1.44 bits per heavy atom. The molecule has 6 nitrogen and oxygen atoms in total. The molecule has 2 fully saturated rings. The number of thiocarbonyl (C=S) groups is 1. The molecular weight excluding hydrogens is 530 g/mol.